The summed E-state index contributed by atoms with van der Waals surface area (Å²) in [6.07, 6.45) is 6.91. The van der Waals surface area contributed by atoms with Gasteiger partial charge in [0.2, 0.25) is 0 Å². The maximum atomic E-state index is 11.5. The summed E-state index contributed by atoms with van der Waals surface area (Å²) in [5, 5.41) is 12.7. The molecule has 0 saturated heterocycles. The Morgan fingerprint density at radius 1 is 1.38 bits per heavy atom. The minimum atomic E-state index is -0.812. The molecule has 2 N–H and O–H groups in total. The Balaban J connectivity index is 2.44. The number of carboxylic acid groups (broad SMARTS) is 1. The lowest BCUT2D eigenvalue weighted by Crippen LogP contribution is -2.52. The normalized spacial score (nSPS) is 26.0. The summed E-state index contributed by atoms with van der Waals surface area (Å²) < 4.78 is 0. The summed E-state index contributed by atoms with van der Waals surface area (Å²) >= 11 is 0. The molecular weight excluding hydrogens is 264 g/mol. The van der Waals surface area contributed by atoms with Crippen LogP contribution in [0.25, 0.3) is 0 Å². The maximum Gasteiger partial charge on any atom is 0.323 e. The van der Waals surface area contributed by atoms with E-state index >= 15 is 0 Å². The van der Waals surface area contributed by atoms with Crippen molar-refractivity contribution in [2.75, 3.05) is 13.6 Å². The fraction of sp³-hybridized carbons (Fsp3) is 0.941. The van der Waals surface area contributed by atoms with Gasteiger partial charge in [-0.15, -0.1) is 0 Å². The first-order valence-corrected chi connectivity index (χ1v) is 8.47. The molecule has 3 unspecified atom stereocenters. The Bertz CT molecular complexity index is 333. The Morgan fingerprint density at radius 2 is 2.00 bits per heavy atom. The second-order valence-corrected chi connectivity index (χ2v) is 7.35. The van der Waals surface area contributed by atoms with Crippen molar-refractivity contribution in [1.29, 1.82) is 0 Å². The molecule has 4 heteroatoms. The van der Waals surface area contributed by atoms with Crippen molar-refractivity contribution in [2.45, 2.75) is 83.8 Å². The van der Waals surface area contributed by atoms with Crippen LogP contribution in [-0.2, 0) is 4.79 Å². The Labute approximate surface area is 130 Å². The van der Waals surface area contributed by atoms with Crippen molar-refractivity contribution < 1.29 is 9.90 Å². The second-order valence-electron chi connectivity index (χ2n) is 7.35. The highest BCUT2D eigenvalue weighted by atomic mass is 16.4. The highest BCUT2D eigenvalue weighted by Crippen LogP contribution is 2.27. The SMILES string of the molecule is CC(C)NC(C)(CCCN(C)C1CCCCC1C)C(=O)O. The Kier molecular flexibility index (Phi) is 7.14. The highest BCUT2D eigenvalue weighted by Gasteiger charge is 2.33. The van der Waals surface area contributed by atoms with E-state index in [9.17, 15) is 9.90 Å². The molecule has 3 atom stereocenters. The van der Waals surface area contributed by atoms with Crippen molar-refractivity contribution in [2.24, 2.45) is 5.92 Å². The quantitative estimate of drug-likeness (QED) is 0.723. The van der Waals surface area contributed by atoms with Gasteiger partial charge in [0.15, 0.2) is 0 Å². The number of carbonyl (C=O) groups is 1. The van der Waals surface area contributed by atoms with E-state index in [4.69, 9.17) is 0 Å². The Hall–Kier alpha value is -0.610. The monoisotopic (exact) mass is 298 g/mol. The van der Waals surface area contributed by atoms with Gasteiger partial charge in [0.25, 0.3) is 0 Å². The molecular formula is C17H34N2O2. The van der Waals surface area contributed by atoms with E-state index in [-0.39, 0.29) is 6.04 Å². The maximum absolute atomic E-state index is 11.5. The molecule has 0 spiro atoms. The number of nitrogens with one attached hydrogen (secondary N) is 1. The molecule has 1 aliphatic rings. The van der Waals surface area contributed by atoms with E-state index in [0.717, 1.165) is 18.9 Å². The van der Waals surface area contributed by atoms with Crippen LogP contribution in [0.15, 0.2) is 0 Å². The molecule has 124 valence electrons. The van der Waals surface area contributed by atoms with Crippen molar-refractivity contribution in [3.63, 3.8) is 0 Å². The van der Waals surface area contributed by atoms with Gasteiger partial charge in [0, 0.05) is 12.1 Å². The third-order valence-corrected chi connectivity index (χ3v) is 4.90. The highest BCUT2D eigenvalue weighted by molar-refractivity contribution is 5.78. The van der Waals surface area contributed by atoms with E-state index in [1.54, 1.807) is 6.92 Å². The minimum Gasteiger partial charge on any atom is -0.480 e. The third-order valence-electron chi connectivity index (χ3n) is 4.90. The van der Waals surface area contributed by atoms with Gasteiger partial charge < -0.3 is 10.0 Å². The summed E-state index contributed by atoms with van der Waals surface area (Å²) in [7, 11) is 2.19. The van der Waals surface area contributed by atoms with E-state index in [1.165, 1.54) is 25.7 Å². The molecule has 0 aromatic heterocycles. The van der Waals surface area contributed by atoms with Crippen LogP contribution in [0.1, 0.15) is 66.2 Å². The van der Waals surface area contributed by atoms with Crippen LogP contribution in [0.3, 0.4) is 0 Å². The zero-order chi connectivity index (χ0) is 16.0. The van der Waals surface area contributed by atoms with Crippen LogP contribution >= 0.6 is 0 Å². The van der Waals surface area contributed by atoms with E-state index in [0.29, 0.717) is 12.5 Å². The van der Waals surface area contributed by atoms with Gasteiger partial charge in [0.05, 0.1) is 0 Å². The van der Waals surface area contributed by atoms with Crippen LogP contribution in [0, 0.1) is 5.92 Å². The van der Waals surface area contributed by atoms with Gasteiger partial charge in [0.1, 0.15) is 5.54 Å². The number of rotatable bonds is 8. The van der Waals surface area contributed by atoms with Crippen molar-refractivity contribution in [3.8, 4) is 0 Å². The van der Waals surface area contributed by atoms with E-state index in [2.05, 4.69) is 24.2 Å². The molecule has 21 heavy (non-hydrogen) atoms. The second kappa shape index (κ2) is 8.14. The predicted octanol–water partition coefficient (Wildman–Crippen LogP) is 3.12. The van der Waals surface area contributed by atoms with Gasteiger partial charge >= 0.3 is 5.97 Å². The van der Waals surface area contributed by atoms with Crippen molar-refractivity contribution >= 4 is 5.97 Å². The molecule has 0 aromatic carbocycles. The van der Waals surface area contributed by atoms with Gasteiger partial charge in [-0.1, -0.05) is 19.8 Å². The number of hydrogen-bond acceptors (Lipinski definition) is 3. The average Bonchev–Trinajstić information content (AvgIpc) is 2.38. The molecule has 0 heterocycles. The Morgan fingerprint density at radius 3 is 2.52 bits per heavy atom. The standard InChI is InChI=1S/C17H34N2O2/c1-13(2)18-17(4,16(20)21)11-8-12-19(5)15-10-7-6-9-14(15)3/h13-15,18H,6-12H2,1-5H3,(H,20,21). The molecule has 0 aliphatic heterocycles. The minimum absolute atomic E-state index is 0.183. The molecule has 1 saturated carbocycles. The van der Waals surface area contributed by atoms with Gasteiger partial charge in [-0.2, -0.15) is 0 Å². The van der Waals surface area contributed by atoms with Gasteiger partial charge in [-0.05, 0) is 66.0 Å². The molecule has 4 nitrogen and oxygen atoms in total. The molecule has 1 fully saturated rings. The van der Waals surface area contributed by atoms with Crippen LogP contribution in [0.2, 0.25) is 0 Å². The van der Waals surface area contributed by atoms with E-state index in [1.807, 2.05) is 13.8 Å². The summed E-state index contributed by atoms with van der Waals surface area (Å²) in [5.74, 6) is 0.0216. The first-order chi connectivity index (χ1) is 9.76. The lowest BCUT2D eigenvalue weighted by atomic mass is 9.85. The summed E-state index contributed by atoms with van der Waals surface area (Å²) in [4.78, 5) is 14.0. The number of hydrogen-bond donors (Lipinski definition) is 2. The third kappa shape index (κ3) is 5.59. The lowest BCUT2D eigenvalue weighted by Gasteiger charge is -2.37. The summed E-state index contributed by atoms with van der Waals surface area (Å²) in [6.45, 7) is 9.13. The first-order valence-electron chi connectivity index (χ1n) is 8.47. The van der Waals surface area contributed by atoms with Crippen LogP contribution in [0.4, 0.5) is 0 Å². The molecule has 1 aliphatic carbocycles. The number of carboxylic acids is 1. The molecule has 0 bridgehead atoms. The molecule has 0 radical (unpaired) electrons. The number of aliphatic carboxylic acids is 1. The molecule has 0 aromatic rings. The van der Waals surface area contributed by atoms with Crippen molar-refractivity contribution in [3.05, 3.63) is 0 Å². The molecule has 0 amide bonds. The summed E-state index contributed by atoms with van der Waals surface area (Å²) in [5.41, 5.74) is -0.812. The van der Waals surface area contributed by atoms with Gasteiger partial charge in [-0.25, -0.2) is 0 Å². The fourth-order valence-electron chi connectivity index (χ4n) is 3.68. The van der Waals surface area contributed by atoms with E-state index < -0.39 is 11.5 Å². The van der Waals surface area contributed by atoms with Crippen molar-refractivity contribution in [1.82, 2.24) is 10.2 Å². The largest absolute Gasteiger partial charge is 0.480 e. The summed E-state index contributed by atoms with van der Waals surface area (Å²) in [6, 6.07) is 0.857. The smallest absolute Gasteiger partial charge is 0.323 e. The van der Waals surface area contributed by atoms with Crippen LogP contribution in [-0.4, -0.2) is 47.2 Å². The zero-order valence-corrected chi connectivity index (χ0v) is 14.5. The average molecular weight is 298 g/mol. The zero-order valence-electron chi connectivity index (χ0n) is 14.5. The van der Waals surface area contributed by atoms with Gasteiger partial charge in [-0.3, -0.25) is 10.1 Å². The first kappa shape index (κ1) is 18.4. The molecule has 1 rings (SSSR count). The topological polar surface area (TPSA) is 52.6 Å². The fourth-order valence-corrected chi connectivity index (χ4v) is 3.68. The number of nitrogens with zero attached hydrogens (tertiary/aromatic N) is 1. The lowest BCUT2D eigenvalue weighted by molar-refractivity contribution is -0.144. The predicted molar refractivity (Wildman–Crippen MR) is 87.6 cm³/mol. The van der Waals surface area contributed by atoms with Crippen LogP contribution in [0.5, 0.6) is 0 Å². The van der Waals surface area contributed by atoms with Crippen LogP contribution < -0.4 is 5.32 Å².